The van der Waals surface area contributed by atoms with E-state index in [1.165, 1.54) is 6.08 Å². The number of hydrogen-bond donors (Lipinski definition) is 1. The van der Waals surface area contributed by atoms with Crippen LogP contribution in [0.2, 0.25) is 0 Å². The Kier molecular flexibility index (Phi) is 6.95. The Bertz CT molecular complexity index is 769. The van der Waals surface area contributed by atoms with Crippen molar-refractivity contribution in [1.82, 2.24) is 5.32 Å². The first-order valence-corrected chi connectivity index (χ1v) is 8.70. The van der Waals surface area contributed by atoms with Crippen LogP contribution < -0.4 is 5.32 Å². The van der Waals surface area contributed by atoms with Crippen molar-refractivity contribution in [3.8, 4) is 0 Å². The molecule has 1 atom stereocenters. The predicted octanol–water partition coefficient (Wildman–Crippen LogP) is 4.19. The van der Waals surface area contributed by atoms with Crippen LogP contribution in [-0.2, 0) is 14.3 Å². The summed E-state index contributed by atoms with van der Waals surface area (Å²) in [5.74, 6) is -0.886. The fourth-order valence-corrected chi connectivity index (χ4v) is 2.50. The van der Waals surface area contributed by atoms with Crippen molar-refractivity contribution in [2.45, 2.75) is 19.9 Å². The molecule has 130 valence electrons. The van der Waals surface area contributed by atoms with Gasteiger partial charge in [0.1, 0.15) is 0 Å². The minimum Gasteiger partial charge on any atom is -0.452 e. The molecule has 0 aliphatic heterocycles. The molecule has 5 heteroatoms. The number of benzene rings is 2. The third-order valence-electron chi connectivity index (χ3n) is 3.68. The third kappa shape index (κ3) is 6.19. The largest absolute Gasteiger partial charge is 0.452 e. The molecular weight excluding hydrogens is 382 g/mol. The second-order valence-electron chi connectivity index (χ2n) is 5.64. The average molecular weight is 402 g/mol. The fraction of sp³-hybridized carbons (Fsp3) is 0.200. The highest BCUT2D eigenvalue weighted by Crippen LogP contribution is 2.16. The van der Waals surface area contributed by atoms with Gasteiger partial charge in [0.25, 0.3) is 5.91 Å². The number of esters is 1. The summed E-state index contributed by atoms with van der Waals surface area (Å²) in [6.07, 6.45) is 3.01. The maximum absolute atomic E-state index is 11.9. The van der Waals surface area contributed by atoms with Crippen LogP contribution >= 0.6 is 15.9 Å². The lowest BCUT2D eigenvalue weighted by Crippen LogP contribution is -2.30. The Morgan fingerprint density at radius 1 is 1.16 bits per heavy atom. The summed E-state index contributed by atoms with van der Waals surface area (Å²) in [5.41, 5.74) is 2.97. The van der Waals surface area contributed by atoms with Crippen molar-refractivity contribution in [2.24, 2.45) is 0 Å². The summed E-state index contributed by atoms with van der Waals surface area (Å²) in [5, 5.41) is 2.80. The number of carbonyl (C=O) groups is 2. The van der Waals surface area contributed by atoms with E-state index >= 15 is 0 Å². The first-order valence-electron chi connectivity index (χ1n) is 7.91. The average Bonchev–Trinajstić information content (AvgIpc) is 2.59. The summed E-state index contributed by atoms with van der Waals surface area (Å²) < 4.78 is 5.95. The Labute approximate surface area is 156 Å². The first-order chi connectivity index (χ1) is 12.0. The van der Waals surface area contributed by atoms with Gasteiger partial charge in [0.2, 0.25) is 0 Å². The molecule has 0 saturated heterocycles. The van der Waals surface area contributed by atoms with E-state index in [9.17, 15) is 9.59 Å². The van der Waals surface area contributed by atoms with E-state index in [1.807, 2.05) is 62.4 Å². The van der Waals surface area contributed by atoms with Gasteiger partial charge in [0, 0.05) is 10.5 Å². The summed E-state index contributed by atoms with van der Waals surface area (Å²) >= 11 is 3.37. The van der Waals surface area contributed by atoms with Crippen molar-refractivity contribution in [2.75, 3.05) is 6.61 Å². The second-order valence-corrected chi connectivity index (χ2v) is 6.55. The number of nitrogens with one attached hydrogen (secondary N) is 1. The van der Waals surface area contributed by atoms with E-state index < -0.39 is 5.97 Å². The number of rotatable bonds is 6. The lowest BCUT2D eigenvalue weighted by molar-refractivity contribution is -0.144. The fourth-order valence-electron chi connectivity index (χ4n) is 2.23. The van der Waals surface area contributed by atoms with Gasteiger partial charge >= 0.3 is 5.97 Å². The molecule has 4 nitrogen and oxygen atoms in total. The van der Waals surface area contributed by atoms with Crippen LogP contribution in [0.25, 0.3) is 6.08 Å². The van der Waals surface area contributed by atoms with Gasteiger partial charge in [0.15, 0.2) is 6.61 Å². The van der Waals surface area contributed by atoms with Crippen LogP contribution in [-0.4, -0.2) is 18.5 Å². The van der Waals surface area contributed by atoms with Gasteiger partial charge in [-0.3, -0.25) is 4.79 Å². The molecule has 0 bridgehead atoms. The highest BCUT2D eigenvalue weighted by atomic mass is 79.9. The molecule has 0 heterocycles. The van der Waals surface area contributed by atoms with Gasteiger partial charge in [-0.15, -0.1) is 0 Å². The molecule has 1 N–H and O–H groups in total. The Morgan fingerprint density at radius 2 is 1.84 bits per heavy atom. The van der Waals surface area contributed by atoms with Gasteiger partial charge in [-0.25, -0.2) is 4.79 Å². The number of amides is 1. The maximum Gasteiger partial charge on any atom is 0.331 e. The van der Waals surface area contributed by atoms with Crippen LogP contribution in [0.15, 0.2) is 59.1 Å². The van der Waals surface area contributed by atoms with Gasteiger partial charge in [-0.05, 0) is 48.7 Å². The molecule has 1 amide bonds. The molecule has 2 aromatic rings. The Balaban J connectivity index is 1.80. The number of ether oxygens (including phenoxy) is 1. The molecule has 2 rings (SSSR count). The smallest absolute Gasteiger partial charge is 0.331 e. The third-order valence-corrected chi connectivity index (χ3v) is 4.21. The molecule has 25 heavy (non-hydrogen) atoms. The van der Waals surface area contributed by atoms with Crippen LogP contribution in [0, 0.1) is 6.92 Å². The molecule has 0 aliphatic rings. The lowest BCUT2D eigenvalue weighted by Gasteiger charge is -2.14. The molecule has 0 spiro atoms. The van der Waals surface area contributed by atoms with Crippen molar-refractivity contribution >= 4 is 33.9 Å². The highest BCUT2D eigenvalue weighted by Gasteiger charge is 2.11. The van der Waals surface area contributed by atoms with Gasteiger partial charge in [-0.1, -0.05) is 52.3 Å². The number of hydrogen-bond acceptors (Lipinski definition) is 3. The van der Waals surface area contributed by atoms with E-state index in [0.29, 0.717) is 0 Å². The predicted molar refractivity (Wildman–Crippen MR) is 102 cm³/mol. The molecule has 0 saturated carbocycles. The molecule has 0 unspecified atom stereocenters. The standard InChI is InChI=1S/C20H20BrNO3/c1-14-5-3-4-6-16(14)9-12-20(24)25-13-19(23)22-15(2)17-7-10-18(21)11-8-17/h3-12,15H,13H2,1-2H3,(H,22,23)/b12-9+/t15-/m1/s1. The molecule has 0 radical (unpaired) electrons. The number of aryl methyl sites for hydroxylation is 1. The van der Waals surface area contributed by atoms with Crippen molar-refractivity contribution in [3.63, 3.8) is 0 Å². The lowest BCUT2D eigenvalue weighted by atomic mass is 10.1. The zero-order valence-corrected chi connectivity index (χ0v) is 15.7. The summed E-state index contributed by atoms with van der Waals surface area (Å²) in [6, 6.07) is 15.2. The van der Waals surface area contributed by atoms with Crippen molar-refractivity contribution < 1.29 is 14.3 Å². The molecular formula is C20H20BrNO3. The van der Waals surface area contributed by atoms with Crippen LogP contribution in [0.5, 0.6) is 0 Å². The van der Waals surface area contributed by atoms with E-state index in [-0.39, 0.29) is 18.6 Å². The van der Waals surface area contributed by atoms with E-state index in [0.717, 1.165) is 21.2 Å². The summed E-state index contributed by atoms with van der Waals surface area (Å²) in [6.45, 7) is 3.53. The SMILES string of the molecule is Cc1ccccc1/C=C/C(=O)OCC(=O)N[C@H](C)c1ccc(Br)cc1. The first kappa shape index (κ1) is 18.9. The zero-order valence-electron chi connectivity index (χ0n) is 14.2. The van der Waals surface area contributed by atoms with Crippen molar-refractivity contribution in [3.05, 3.63) is 75.8 Å². The van der Waals surface area contributed by atoms with Gasteiger partial charge < -0.3 is 10.1 Å². The maximum atomic E-state index is 11.9. The monoisotopic (exact) mass is 401 g/mol. The van der Waals surface area contributed by atoms with Crippen LogP contribution in [0.3, 0.4) is 0 Å². The molecule has 0 aliphatic carbocycles. The molecule has 0 aromatic heterocycles. The van der Waals surface area contributed by atoms with Crippen LogP contribution in [0.4, 0.5) is 0 Å². The quantitative estimate of drug-likeness (QED) is 0.582. The minimum absolute atomic E-state index is 0.165. The van der Waals surface area contributed by atoms with Gasteiger partial charge in [0.05, 0.1) is 6.04 Å². The zero-order chi connectivity index (χ0) is 18.2. The van der Waals surface area contributed by atoms with E-state index in [1.54, 1.807) is 6.08 Å². The normalized spacial score (nSPS) is 12.0. The second kappa shape index (κ2) is 9.18. The number of halogens is 1. The van der Waals surface area contributed by atoms with Gasteiger partial charge in [-0.2, -0.15) is 0 Å². The minimum atomic E-state index is -0.547. The van der Waals surface area contributed by atoms with E-state index in [4.69, 9.17) is 4.74 Å². The van der Waals surface area contributed by atoms with Crippen LogP contribution in [0.1, 0.15) is 29.7 Å². The van der Waals surface area contributed by atoms with Crippen molar-refractivity contribution in [1.29, 1.82) is 0 Å². The Hall–Kier alpha value is -2.40. The summed E-state index contributed by atoms with van der Waals surface area (Å²) in [4.78, 5) is 23.6. The molecule has 0 fully saturated rings. The Morgan fingerprint density at radius 3 is 2.52 bits per heavy atom. The van der Waals surface area contributed by atoms with E-state index in [2.05, 4.69) is 21.2 Å². The highest BCUT2D eigenvalue weighted by molar-refractivity contribution is 9.10. The molecule has 2 aromatic carbocycles. The summed E-state index contributed by atoms with van der Waals surface area (Å²) in [7, 11) is 0. The topological polar surface area (TPSA) is 55.4 Å². The number of carbonyl (C=O) groups excluding carboxylic acids is 2.